The third-order valence-corrected chi connectivity index (χ3v) is 4.34. The van der Waals surface area contributed by atoms with Crippen molar-refractivity contribution in [1.82, 2.24) is 5.32 Å². The second-order valence-electron chi connectivity index (χ2n) is 5.07. The van der Waals surface area contributed by atoms with Gasteiger partial charge in [-0.05, 0) is 48.4 Å². The van der Waals surface area contributed by atoms with Crippen molar-refractivity contribution in [2.75, 3.05) is 20.4 Å². The van der Waals surface area contributed by atoms with Crippen molar-refractivity contribution in [1.29, 1.82) is 0 Å². The minimum atomic E-state index is 0.306. The van der Waals surface area contributed by atoms with Gasteiger partial charge in [-0.15, -0.1) is 0 Å². The van der Waals surface area contributed by atoms with Gasteiger partial charge >= 0.3 is 0 Å². The molecule has 5 heteroatoms. The molecule has 0 radical (unpaired) electrons. The van der Waals surface area contributed by atoms with Crippen molar-refractivity contribution >= 4 is 15.9 Å². The lowest BCUT2D eigenvalue weighted by Crippen LogP contribution is -2.16. The van der Waals surface area contributed by atoms with E-state index in [-0.39, 0.29) is 0 Å². The molecule has 0 spiro atoms. The fourth-order valence-corrected chi connectivity index (χ4v) is 2.87. The number of fused-ring (bicyclic) bond motifs is 1. The SMILES string of the molecule is COc1ccc(CNCCc2cc3c(cc2Br)OCO3)cc1. The molecule has 1 N–H and O–H groups in total. The first-order chi connectivity index (χ1) is 10.8. The summed E-state index contributed by atoms with van der Waals surface area (Å²) < 4.78 is 17.0. The Bertz CT molecular complexity index is 643. The maximum absolute atomic E-state index is 5.42. The van der Waals surface area contributed by atoms with Crippen LogP contribution in [0.2, 0.25) is 0 Å². The molecule has 0 aliphatic carbocycles. The molecule has 3 rings (SSSR count). The maximum Gasteiger partial charge on any atom is 0.231 e. The summed E-state index contributed by atoms with van der Waals surface area (Å²) in [6.07, 6.45) is 0.924. The largest absolute Gasteiger partial charge is 0.497 e. The monoisotopic (exact) mass is 363 g/mol. The molecule has 2 aromatic rings. The van der Waals surface area contributed by atoms with E-state index in [9.17, 15) is 0 Å². The van der Waals surface area contributed by atoms with Gasteiger partial charge in [0.15, 0.2) is 11.5 Å². The molecular weight excluding hydrogens is 346 g/mol. The molecule has 2 aromatic carbocycles. The minimum absolute atomic E-state index is 0.306. The van der Waals surface area contributed by atoms with Crippen LogP contribution in [0, 0.1) is 0 Å². The van der Waals surface area contributed by atoms with Crippen LogP contribution in [0.25, 0.3) is 0 Å². The molecule has 0 aromatic heterocycles. The molecule has 116 valence electrons. The van der Waals surface area contributed by atoms with Gasteiger partial charge in [0.25, 0.3) is 0 Å². The Labute approximate surface area is 138 Å². The third kappa shape index (κ3) is 3.54. The Kier molecular flexibility index (Phi) is 4.85. The van der Waals surface area contributed by atoms with Crippen LogP contribution in [-0.2, 0) is 13.0 Å². The topological polar surface area (TPSA) is 39.7 Å². The highest BCUT2D eigenvalue weighted by molar-refractivity contribution is 9.10. The van der Waals surface area contributed by atoms with E-state index in [0.717, 1.165) is 41.2 Å². The van der Waals surface area contributed by atoms with Crippen LogP contribution in [0.5, 0.6) is 17.2 Å². The van der Waals surface area contributed by atoms with Crippen LogP contribution in [0.15, 0.2) is 40.9 Å². The summed E-state index contributed by atoms with van der Waals surface area (Å²) in [4.78, 5) is 0. The quantitative estimate of drug-likeness (QED) is 0.797. The molecule has 0 bridgehead atoms. The zero-order chi connectivity index (χ0) is 15.4. The standard InChI is InChI=1S/C17H18BrNO3/c1-20-14-4-2-12(3-5-14)10-19-7-6-13-8-16-17(9-15(13)18)22-11-21-16/h2-5,8-9,19H,6-7,10-11H2,1H3. The summed E-state index contributed by atoms with van der Waals surface area (Å²) in [5.74, 6) is 2.52. The van der Waals surface area contributed by atoms with Gasteiger partial charge in [-0.25, -0.2) is 0 Å². The minimum Gasteiger partial charge on any atom is -0.497 e. The number of methoxy groups -OCH3 is 1. The van der Waals surface area contributed by atoms with Crippen LogP contribution >= 0.6 is 15.9 Å². The van der Waals surface area contributed by atoms with Gasteiger partial charge in [-0.1, -0.05) is 28.1 Å². The van der Waals surface area contributed by atoms with E-state index >= 15 is 0 Å². The normalized spacial score (nSPS) is 12.5. The number of benzene rings is 2. The summed E-state index contributed by atoms with van der Waals surface area (Å²) in [5, 5.41) is 3.45. The van der Waals surface area contributed by atoms with Gasteiger partial charge in [0, 0.05) is 11.0 Å². The molecule has 1 aliphatic heterocycles. The van der Waals surface area contributed by atoms with Gasteiger partial charge in [0.05, 0.1) is 7.11 Å². The van der Waals surface area contributed by atoms with Crippen molar-refractivity contribution in [3.8, 4) is 17.2 Å². The summed E-state index contributed by atoms with van der Waals surface area (Å²) in [5.41, 5.74) is 2.46. The highest BCUT2D eigenvalue weighted by Crippen LogP contribution is 2.36. The summed E-state index contributed by atoms with van der Waals surface area (Å²) in [6.45, 7) is 2.04. The van der Waals surface area contributed by atoms with E-state index in [1.54, 1.807) is 7.11 Å². The van der Waals surface area contributed by atoms with Gasteiger partial charge in [0.2, 0.25) is 6.79 Å². The van der Waals surface area contributed by atoms with E-state index < -0.39 is 0 Å². The van der Waals surface area contributed by atoms with E-state index in [1.165, 1.54) is 11.1 Å². The molecule has 0 fully saturated rings. The predicted octanol–water partition coefficient (Wildman–Crippen LogP) is 3.52. The molecule has 0 saturated carbocycles. The smallest absolute Gasteiger partial charge is 0.231 e. The Hall–Kier alpha value is -1.72. The fourth-order valence-electron chi connectivity index (χ4n) is 2.35. The van der Waals surface area contributed by atoms with Crippen molar-refractivity contribution in [2.45, 2.75) is 13.0 Å². The first-order valence-corrected chi connectivity index (χ1v) is 7.97. The van der Waals surface area contributed by atoms with Crippen LogP contribution in [0.1, 0.15) is 11.1 Å². The first-order valence-electron chi connectivity index (χ1n) is 7.18. The molecule has 1 heterocycles. The zero-order valence-electron chi connectivity index (χ0n) is 12.4. The van der Waals surface area contributed by atoms with Gasteiger partial charge in [0.1, 0.15) is 5.75 Å². The van der Waals surface area contributed by atoms with Gasteiger partial charge in [-0.3, -0.25) is 0 Å². The Morgan fingerprint density at radius 2 is 1.86 bits per heavy atom. The third-order valence-electron chi connectivity index (χ3n) is 3.60. The van der Waals surface area contributed by atoms with Gasteiger partial charge in [-0.2, -0.15) is 0 Å². The molecule has 4 nitrogen and oxygen atoms in total. The number of hydrogen-bond donors (Lipinski definition) is 1. The number of rotatable bonds is 6. The van der Waals surface area contributed by atoms with Crippen molar-refractivity contribution in [3.63, 3.8) is 0 Å². The van der Waals surface area contributed by atoms with Crippen LogP contribution < -0.4 is 19.5 Å². The molecular formula is C17H18BrNO3. The molecule has 1 aliphatic rings. The van der Waals surface area contributed by atoms with Crippen molar-refractivity contribution in [2.24, 2.45) is 0 Å². The highest BCUT2D eigenvalue weighted by Gasteiger charge is 2.15. The molecule has 0 atom stereocenters. The molecule has 0 amide bonds. The van der Waals surface area contributed by atoms with E-state index in [0.29, 0.717) is 6.79 Å². The number of nitrogens with one attached hydrogen (secondary N) is 1. The van der Waals surface area contributed by atoms with E-state index in [1.807, 2.05) is 24.3 Å². The van der Waals surface area contributed by atoms with Crippen molar-refractivity contribution in [3.05, 3.63) is 52.0 Å². The average molecular weight is 364 g/mol. The lowest BCUT2D eigenvalue weighted by atomic mass is 10.1. The maximum atomic E-state index is 5.42. The van der Waals surface area contributed by atoms with Crippen LogP contribution in [-0.4, -0.2) is 20.4 Å². The first kappa shape index (κ1) is 15.2. The molecule has 0 unspecified atom stereocenters. The molecule has 22 heavy (non-hydrogen) atoms. The lowest BCUT2D eigenvalue weighted by Gasteiger charge is -2.08. The summed E-state index contributed by atoms with van der Waals surface area (Å²) >= 11 is 3.59. The van der Waals surface area contributed by atoms with Gasteiger partial charge < -0.3 is 19.5 Å². The number of halogens is 1. The second-order valence-corrected chi connectivity index (χ2v) is 5.93. The predicted molar refractivity (Wildman–Crippen MR) is 88.7 cm³/mol. The van der Waals surface area contributed by atoms with Crippen molar-refractivity contribution < 1.29 is 14.2 Å². The number of ether oxygens (including phenoxy) is 3. The van der Waals surface area contributed by atoms with E-state index in [4.69, 9.17) is 14.2 Å². The second kappa shape index (κ2) is 7.03. The number of hydrogen-bond acceptors (Lipinski definition) is 4. The van der Waals surface area contributed by atoms with Crippen LogP contribution in [0.4, 0.5) is 0 Å². The lowest BCUT2D eigenvalue weighted by molar-refractivity contribution is 0.174. The fraction of sp³-hybridized carbons (Fsp3) is 0.294. The highest BCUT2D eigenvalue weighted by atomic mass is 79.9. The zero-order valence-corrected chi connectivity index (χ0v) is 14.0. The Morgan fingerprint density at radius 1 is 1.14 bits per heavy atom. The Morgan fingerprint density at radius 3 is 2.59 bits per heavy atom. The van der Waals surface area contributed by atoms with Crippen LogP contribution in [0.3, 0.4) is 0 Å². The Balaban J connectivity index is 1.50. The summed E-state index contributed by atoms with van der Waals surface area (Å²) in [7, 11) is 1.68. The van der Waals surface area contributed by atoms with E-state index in [2.05, 4.69) is 33.4 Å². The average Bonchev–Trinajstić information content (AvgIpc) is 2.99. The summed E-state index contributed by atoms with van der Waals surface area (Å²) in [6, 6.07) is 12.1. The molecule has 0 saturated heterocycles.